The van der Waals surface area contributed by atoms with Crippen molar-refractivity contribution in [1.29, 1.82) is 0 Å². The van der Waals surface area contributed by atoms with Crippen molar-refractivity contribution in [3.05, 3.63) is 58.9 Å². The van der Waals surface area contributed by atoms with Gasteiger partial charge in [0.1, 0.15) is 10.8 Å². The van der Waals surface area contributed by atoms with Gasteiger partial charge >= 0.3 is 12.2 Å². The number of aromatic nitrogens is 4. The van der Waals surface area contributed by atoms with E-state index in [1.165, 1.54) is 23.8 Å². The van der Waals surface area contributed by atoms with Crippen molar-refractivity contribution in [3.8, 4) is 0 Å². The van der Waals surface area contributed by atoms with Gasteiger partial charge in [-0.2, -0.15) is 17.5 Å². The number of rotatable bonds is 4. The number of nitrogens with one attached hydrogen (secondary N) is 2. The number of piperidine rings is 1. The third-order valence-corrected chi connectivity index (χ3v) is 6.16. The van der Waals surface area contributed by atoms with Crippen LogP contribution in [-0.4, -0.2) is 44.5 Å². The van der Waals surface area contributed by atoms with Crippen molar-refractivity contribution in [2.24, 2.45) is 0 Å². The minimum atomic E-state index is -4.64. The number of hydrogen-bond acceptors (Lipinski definition) is 7. The Hall–Kier alpha value is -2.99. The summed E-state index contributed by atoms with van der Waals surface area (Å²) in [5, 5.41) is 6.80. The van der Waals surface area contributed by atoms with Crippen LogP contribution in [0.2, 0.25) is 5.02 Å². The lowest BCUT2D eigenvalue weighted by Gasteiger charge is -2.39. The largest absolute Gasteiger partial charge is 0.451 e. The first-order valence-corrected chi connectivity index (χ1v) is 11.1. The molecule has 3 aromatic heterocycles. The van der Waals surface area contributed by atoms with E-state index in [1.807, 2.05) is 6.92 Å². The van der Waals surface area contributed by atoms with Crippen LogP contribution in [0.25, 0.3) is 0 Å². The summed E-state index contributed by atoms with van der Waals surface area (Å²) in [4.78, 5) is 25.7. The van der Waals surface area contributed by atoms with Crippen molar-refractivity contribution in [2.45, 2.75) is 31.5 Å². The molecule has 0 aliphatic carbocycles. The standard InChI is InChI=1S/C20H19ClF3N7OS/c1-11-8-17(33-30-11)29-19(32)27-15-5-7-31(10-13(15)14-3-2-12(21)9-26-14)16-4-6-25-18(28-16)20(22,23)24/h2-4,6,8-9,13,15H,5,7,10H2,1H3,(H2,27,29,32)/t13-,15+/m0/s1. The van der Waals surface area contributed by atoms with E-state index in [4.69, 9.17) is 11.6 Å². The normalized spacial score (nSPS) is 18.8. The topological polar surface area (TPSA) is 95.9 Å². The van der Waals surface area contributed by atoms with Crippen molar-refractivity contribution >= 4 is 40.0 Å². The lowest BCUT2D eigenvalue weighted by molar-refractivity contribution is -0.144. The Morgan fingerprint density at radius 3 is 2.76 bits per heavy atom. The average Bonchev–Trinajstić information content (AvgIpc) is 3.18. The van der Waals surface area contributed by atoms with Crippen LogP contribution in [0, 0.1) is 6.92 Å². The molecule has 33 heavy (non-hydrogen) atoms. The number of amides is 2. The molecule has 4 rings (SSSR count). The molecule has 0 aromatic carbocycles. The van der Waals surface area contributed by atoms with Crippen molar-refractivity contribution in [1.82, 2.24) is 24.6 Å². The van der Waals surface area contributed by atoms with Gasteiger partial charge in [-0.05, 0) is 49.1 Å². The Labute approximate surface area is 196 Å². The van der Waals surface area contributed by atoms with E-state index in [2.05, 4.69) is 30.0 Å². The fourth-order valence-corrected chi connectivity index (χ4v) is 4.41. The Kier molecular flexibility index (Phi) is 6.66. The van der Waals surface area contributed by atoms with Gasteiger partial charge < -0.3 is 10.2 Å². The van der Waals surface area contributed by atoms with E-state index in [0.29, 0.717) is 35.2 Å². The maximum absolute atomic E-state index is 13.1. The van der Waals surface area contributed by atoms with Crippen LogP contribution in [0.3, 0.4) is 0 Å². The second kappa shape index (κ2) is 9.48. The van der Waals surface area contributed by atoms with Crippen LogP contribution in [0.1, 0.15) is 29.6 Å². The summed E-state index contributed by atoms with van der Waals surface area (Å²) in [5.41, 5.74) is 1.46. The molecule has 2 amide bonds. The highest BCUT2D eigenvalue weighted by Crippen LogP contribution is 2.31. The molecule has 1 saturated heterocycles. The van der Waals surface area contributed by atoms with Gasteiger partial charge in [0.2, 0.25) is 5.82 Å². The van der Waals surface area contributed by atoms with Gasteiger partial charge in [0.05, 0.1) is 10.7 Å². The van der Waals surface area contributed by atoms with E-state index >= 15 is 0 Å². The monoisotopic (exact) mass is 497 g/mol. The van der Waals surface area contributed by atoms with Crippen LogP contribution >= 0.6 is 23.1 Å². The average molecular weight is 498 g/mol. The van der Waals surface area contributed by atoms with E-state index in [9.17, 15) is 18.0 Å². The number of urea groups is 1. The summed E-state index contributed by atoms with van der Waals surface area (Å²) in [6.45, 7) is 2.52. The van der Waals surface area contributed by atoms with Crippen LogP contribution in [-0.2, 0) is 6.18 Å². The zero-order valence-corrected chi connectivity index (χ0v) is 18.9. The van der Waals surface area contributed by atoms with Crippen molar-refractivity contribution in [3.63, 3.8) is 0 Å². The SMILES string of the molecule is Cc1cc(NC(=O)N[C@@H]2CCN(c3ccnc(C(F)(F)F)n3)C[C@H]2c2ccc(Cl)cn2)sn1. The maximum atomic E-state index is 13.1. The molecule has 0 radical (unpaired) electrons. The third-order valence-electron chi connectivity index (χ3n) is 5.14. The van der Waals surface area contributed by atoms with Gasteiger partial charge in [-0.3, -0.25) is 10.3 Å². The van der Waals surface area contributed by atoms with E-state index in [0.717, 1.165) is 11.9 Å². The molecular formula is C20H19ClF3N7OS. The molecule has 2 N–H and O–H groups in total. The van der Waals surface area contributed by atoms with Crippen LogP contribution < -0.4 is 15.5 Å². The minimum Gasteiger partial charge on any atom is -0.356 e. The molecule has 0 saturated carbocycles. The molecule has 174 valence electrons. The molecule has 8 nitrogen and oxygen atoms in total. The zero-order valence-electron chi connectivity index (χ0n) is 17.3. The Morgan fingerprint density at radius 1 is 1.27 bits per heavy atom. The quantitative estimate of drug-likeness (QED) is 0.551. The minimum absolute atomic E-state index is 0.166. The molecule has 4 heterocycles. The van der Waals surface area contributed by atoms with Gasteiger partial charge in [-0.15, -0.1) is 0 Å². The summed E-state index contributed by atoms with van der Waals surface area (Å²) in [6.07, 6.45) is -1.58. The Bertz CT molecular complexity index is 1130. The lowest BCUT2D eigenvalue weighted by Crippen LogP contribution is -2.51. The number of carbonyl (C=O) groups excluding carboxylic acids is 1. The number of hydrogen-bond donors (Lipinski definition) is 2. The molecule has 2 atom stereocenters. The summed E-state index contributed by atoms with van der Waals surface area (Å²) >= 11 is 7.14. The summed E-state index contributed by atoms with van der Waals surface area (Å²) < 4.78 is 43.4. The Balaban J connectivity index is 1.54. The number of aryl methyl sites for hydroxylation is 1. The highest BCUT2D eigenvalue weighted by molar-refractivity contribution is 7.10. The molecule has 13 heteroatoms. The molecule has 1 aliphatic rings. The van der Waals surface area contributed by atoms with Gasteiger partial charge in [-0.1, -0.05) is 11.6 Å². The molecule has 1 aliphatic heterocycles. The third kappa shape index (κ3) is 5.69. The van der Waals surface area contributed by atoms with Crippen LogP contribution in [0.15, 0.2) is 36.7 Å². The molecule has 0 spiro atoms. The zero-order chi connectivity index (χ0) is 23.6. The van der Waals surface area contributed by atoms with E-state index in [-0.39, 0.29) is 17.8 Å². The van der Waals surface area contributed by atoms with Gasteiger partial charge in [0.15, 0.2) is 0 Å². The first-order chi connectivity index (χ1) is 15.7. The summed E-state index contributed by atoms with van der Waals surface area (Å²) in [6, 6.07) is 5.93. The van der Waals surface area contributed by atoms with Gasteiger partial charge in [-0.25, -0.2) is 14.8 Å². The molecular weight excluding hydrogens is 479 g/mol. The molecule has 0 bridgehead atoms. The number of alkyl halides is 3. The second-order valence-electron chi connectivity index (χ2n) is 7.52. The first kappa shape index (κ1) is 23.2. The highest BCUT2D eigenvalue weighted by atomic mass is 35.5. The fourth-order valence-electron chi connectivity index (χ4n) is 3.64. The summed E-state index contributed by atoms with van der Waals surface area (Å²) in [5.74, 6) is -1.34. The van der Waals surface area contributed by atoms with Gasteiger partial charge in [0.25, 0.3) is 0 Å². The summed E-state index contributed by atoms with van der Waals surface area (Å²) in [7, 11) is 0. The van der Waals surface area contributed by atoms with Crippen molar-refractivity contribution < 1.29 is 18.0 Å². The van der Waals surface area contributed by atoms with Crippen LogP contribution in [0.5, 0.6) is 0 Å². The fraction of sp³-hybridized carbons (Fsp3) is 0.350. The van der Waals surface area contributed by atoms with Crippen molar-refractivity contribution in [2.75, 3.05) is 23.3 Å². The molecule has 3 aromatic rings. The number of anilines is 2. The molecule has 0 unspecified atom stereocenters. The second-order valence-corrected chi connectivity index (χ2v) is 8.76. The first-order valence-electron chi connectivity index (χ1n) is 9.96. The van der Waals surface area contributed by atoms with E-state index in [1.54, 1.807) is 23.1 Å². The van der Waals surface area contributed by atoms with E-state index < -0.39 is 18.0 Å². The number of halogens is 4. The number of nitrogens with zero attached hydrogens (tertiary/aromatic N) is 5. The lowest BCUT2D eigenvalue weighted by atomic mass is 9.89. The number of carbonyl (C=O) groups is 1. The maximum Gasteiger partial charge on any atom is 0.451 e. The molecule has 1 fully saturated rings. The Morgan fingerprint density at radius 2 is 2.09 bits per heavy atom. The van der Waals surface area contributed by atoms with Gasteiger partial charge in [0, 0.05) is 43.1 Å². The predicted molar refractivity (Wildman–Crippen MR) is 119 cm³/mol. The highest BCUT2D eigenvalue weighted by Gasteiger charge is 2.37. The predicted octanol–water partition coefficient (Wildman–Crippen LogP) is 4.49. The van der Waals surface area contributed by atoms with Crippen LogP contribution in [0.4, 0.5) is 28.8 Å². The smallest absolute Gasteiger partial charge is 0.356 e. The number of pyridine rings is 1.